The van der Waals surface area contributed by atoms with Crippen LogP contribution in [0.5, 0.6) is 0 Å². The van der Waals surface area contributed by atoms with E-state index in [1.54, 1.807) is 20.8 Å². The lowest BCUT2D eigenvalue weighted by Crippen LogP contribution is -2.63. The zero-order chi connectivity index (χ0) is 15.1. The number of amides is 1. The van der Waals surface area contributed by atoms with Crippen LogP contribution in [0.4, 0.5) is 18.0 Å². The van der Waals surface area contributed by atoms with Gasteiger partial charge in [-0.05, 0) is 20.8 Å². The maximum Gasteiger partial charge on any atom is 0.419 e. The Kier molecular flexibility index (Phi) is 4.07. The predicted molar refractivity (Wildman–Crippen MR) is 59.4 cm³/mol. The maximum atomic E-state index is 12.6. The molecule has 1 rings (SSSR count). The number of hydrogen-bond donors (Lipinski definition) is 2. The minimum atomic E-state index is -4.94. The number of carbonyl (C=O) groups excluding carboxylic acids is 1. The second-order valence-corrected chi connectivity index (χ2v) is 5.61. The highest BCUT2D eigenvalue weighted by Gasteiger charge is 2.60. The maximum absolute atomic E-state index is 12.6. The highest BCUT2D eigenvalue weighted by molar-refractivity contribution is 5.68. The fourth-order valence-electron chi connectivity index (χ4n) is 1.75. The van der Waals surface area contributed by atoms with Gasteiger partial charge in [0.2, 0.25) is 0 Å². The Balaban J connectivity index is 2.72. The number of hydrogen-bond acceptors (Lipinski definition) is 4. The van der Waals surface area contributed by atoms with Crippen LogP contribution in [0.15, 0.2) is 0 Å². The smallest absolute Gasteiger partial charge is 0.419 e. The van der Waals surface area contributed by atoms with E-state index in [0.717, 1.165) is 4.90 Å². The van der Waals surface area contributed by atoms with Gasteiger partial charge in [-0.2, -0.15) is 13.2 Å². The van der Waals surface area contributed by atoms with Crippen molar-refractivity contribution in [1.82, 2.24) is 4.90 Å². The molecule has 0 aromatic rings. The van der Waals surface area contributed by atoms with Gasteiger partial charge in [0, 0.05) is 13.0 Å². The van der Waals surface area contributed by atoms with Crippen LogP contribution in [-0.2, 0) is 4.74 Å². The summed E-state index contributed by atoms with van der Waals surface area (Å²) in [6.07, 6.45) is -8.62. The van der Waals surface area contributed by atoms with Crippen LogP contribution in [0.1, 0.15) is 27.2 Å². The monoisotopic (exact) mass is 285 g/mol. The van der Waals surface area contributed by atoms with E-state index in [2.05, 4.69) is 0 Å². The average Bonchev–Trinajstić information content (AvgIpc) is 2.17. The SMILES string of the molecule is CC(C)(C)OC(=O)N1CC[C@](O)(C(F)(F)F)[C@@H](O)C1. The van der Waals surface area contributed by atoms with Gasteiger partial charge < -0.3 is 19.8 Å². The summed E-state index contributed by atoms with van der Waals surface area (Å²) in [6.45, 7) is 3.92. The van der Waals surface area contributed by atoms with Gasteiger partial charge in [0.05, 0.1) is 6.54 Å². The molecule has 1 amide bonds. The Hall–Kier alpha value is -1.02. The Bertz CT molecular complexity index is 353. The molecule has 1 saturated heterocycles. The van der Waals surface area contributed by atoms with E-state index in [-0.39, 0.29) is 6.54 Å². The summed E-state index contributed by atoms with van der Waals surface area (Å²) >= 11 is 0. The number of rotatable bonds is 0. The minimum Gasteiger partial charge on any atom is -0.444 e. The standard InChI is InChI=1S/C11H18F3NO4/c1-9(2,3)19-8(17)15-5-4-10(18,7(16)6-15)11(12,13)14/h7,16,18H,4-6H2,1-3H3/t7-,10+/m0/s1. The summed E-state index contributed by atoms with van der Waals surface area (Å²) in [5.41, 5.74) is -3.95. The summed E-state index contributed by atoms with van der Waals surface area (Å²) in [5, 5.41) is 18.9. The molecule has 112 valence electrons. The van der Waals surface area contributed by atoms with Gasteiger partial charge in [0.15, 0.2) is 5.60 Å². The summed E-state index contributed by atoms with van der Waals surface area (Å²) < 4.78 is 42.9. The van der Waals surface area contributed by atoms with Crippen molar-refractivity contribution in [3.63, 3.8) is 0 Å². The molecule has 5 nitrogen and oxygen atoms in total. The molecule has 0 aromatic heterocycles. The zero-order valence-corrected chi connectivity index (χ0v) is 11.0. The number of aliphatic hydroxyl groups excluding tert-OH is 1. The molecule has 1 fully saturated rings. The van der Waals surface area contributed by atoms with Gasteiger partial charge in [-0.25, -0.2) is 4.79 Å². The van der Waals surface area contributed by atoms with Crippen LogP contribution in [0.2, 0.25) is 0 Å². The molecule has 2 atom stereocenters. The van der Waals surface area contributed by atoms with Crippen molar-refractivity contribution in [2.45, 2.75) is 50.7 Å². The van der Waals surface area contributed by atoms with Crippen molar-refractivity contribution in [2.75, 3.05) is 13.1 Å². The molecular formula is C11H18F3NO4. The van der Waals surface area contributed by atoms with Crippen LogP contribution >= 0.6 is 0 Å². The summed E-state index contributed by atoms with van der Waals surface area (Å²) in [7, 11) is 0. The third-order valence-corrected chi connectivity index (χ3v) is 2.85. The molecule has 19 heavy (non-hydrogen) atoms. The van der Waals surface area contributed by atoms with E-state index in [0.29, 0.717) is 0 Å². The highest BCUT2D eigenvalue weighted by atomic mass is 19.4. The number of halogens is 3. The molecular weight excluding hydrogens is 267 g/mol. The van der Waals surface area contributed by atoms with Crippen LogP contribution < -0.4 is 0 Å². The normalized spacial score (nSPS) is 29.3. The van der Waals surface area contributed by atoms with E-state index in [1.807, 2.05) is 0 Å². The molecule has 0 spiro atoms. The van der Waals surface area contributed by atoms with Gasteiger partial charge in [0.1, 0.15) is 11.7 Å². The van der Waals surface area contributed by atoms with Gasteiger partial charge in [-0.15, -0.1) is 0 Å². The van der Waals surface area contributed by atoms with Crippen molar-refractivity contribution in [2.24, 2.45) is 0 Å². The van der Waals surface area contributed by atoms with Gasteiger partial charge in [-0.3, -0.25) is 0 Å². The number of carbonyl (C=O) groups is 1. The number of alkyl halides is 3. The van der Waals surface area contributed by atoms with Gasteiger partial charge in [0.25, 0.3) is 0 Å². The Morgan fingerprint density at radius 2 is 1.89 bits per heavy atom. The van der Waals surface area contributed by atoms with E-state index in [1.165, 1.54) is 0 Å². The minimum absolute atomic E-state index is 0.331. The van der Waals surface area contributed by atoms with Crippen molar-refractivity contribution in [3.05, 3.63) is 0 Å². The van der Waals surface area contributed by atoms with Crippen molar-refractivity contribution >= 4 is 6.09 Å². The third-order valence-electron chi connectivity index (χ3n) is 2.85. The molecule has 0 unspecified atom stereocenters. The van der Waals surface area contributed by atoms with Crippen LogP contribution in [0.25, 0.3) is 0 Å². The fourth-order valence-corrected chi connectivity index (χ4v) is 1.75. The molecule has 1 aliphatic rings. The first kappa shape index (κ1) is 16.0. The van der Waals surface area contributed by atoms with Crippen LogP contribution in [0.3, 0.4) is 0 Å². The lowest BCUT2D eigenvalue weighted by Gasteiger charge is -2.42. The van der Waals surface area contributed by atoms with Crippen molar-refractivity contribution in [3.8, 4) is 0 Å². The number of piperidine rings is 1. The van der Waals surface area contributed by atoms with Crippen LogP contribution in [-0.4, -0.2) is 57.8 Å². The molecule has 0 saturated carbocycles. The summed E-state index contributed by atoms with van der Waals surface area (Å²) in [5.74, 6) is 0. The lowest BCUT2D eigenvalue weighted by atomic mass is 9.88. The molecule has 0 aromatic carbocycles. The van der Waals surface area contributed by atoms with Crippen molar-refractivity contribution < 1.29 is 32.9 Å². The number of ether oxygens (including phenoxy) is 1. The second kappa shape index (κ2) is 4.82. The fraction of sp³-hybridized carbons (Fsp3) is 0.909. The summed E-state index contributed by atoms with van der Waals surface area (Å²) in [4.78, 5) is 12.6. The first-order valence-corrected chi connectivity index (χ1v) is 5.82. The van der Waals surface area contributed by atoms with E-state index >= 15 is 0 Å². The Morgan fingerprint density at radius 3 is 2.26 bits per heavy atom. The summed E-state index contributed by atoms with van der Waals surface area (Å²) in [6, 6.07) is 0. The molecule has 0 aliphatic carbocycles. The Morgan fingerprint density at radius 1 is 1.37 bits per heavy atom. The van der Waals surface area contributed by atoms with Gasteiger partial charge >= 0.3 is 12.3 Å². The van der Waals surface area contributed by atoms with E-state index < -0.39 is 42.5 Å². The number of likely N-dealkylation sites (tertiary alicyclic amines) is 1. The topological polar surface area (TPSA) is 70.0 Å². The molecule has 1 aliphatic heterocycles. The lowest BCUT2D eigenvalue weighted by molar-refractivity contribution is -0.301. The first-order chi connectivity index (χ1) is 8.37. The molecule has 0 bridgehead atoms. The molecule has 0 radical (unpaired) electrons. The molecule has 2 N–H and O–H groups in total. The quantitative estimate of drug-likeness (QED) is 0.703. The zero-order valence-electron chi connectivity index (χ0n) is 11.0. The average molecular weight is 285 g/mol. The van der Waals surface area contributed by atoms with E-state index in [4.69, 9.17) is 4.74 Å². The van der Waals surface area contributed by atoms with E-state index in [9.17, 15) is 28.2 Å². The highest BCUT2D eigenvalue weighted by Crippen LogP contribution is 2.38. The van der Waals surface area contributed by atoms with Crippen LogP contribution in [0, 0.1) is 0 Å². The third kappa shape index (κ3) is 3.50. The second-order valence-electron chi connectivity index (χ2n) is 5.61. The van der Waals surface area contributed by atoms with Gasteiger partial charge in [-0.1, -0.05) is 0 Å². The number of aliphatic hydroxyl groups is 2. The number of nitrogens with zero attached hydrogens (tertiary/aromatic N) is 1. The molecule has 1 heterocycles. The Labute approximate surface area is 109 Å². The predicted octanol–water partition coefficient (Wildman–Crippen LogP) is 1.28. The first-order valence-electron chi connectivity index (χ1n) is 5.82. The largest absolute Gasteiger partial charge is 0.444 e. The number of β-amino-alcohol motifs (C(OH)–C–C–N with tert-alkyl or cyclic N) is 1. The molecule has 8 heteroatoms. The van der Waals surface area contributed by atoms with Crippen molar-refractivity contribution in [1.29, 1.82) is 0 Å².